The fraction of sp³-hybridized carbons (Fsp3) is 0.556. The lowest BCUT2D eigenvalue weighted by molar-refractivity contribution is 0.0775. The maximum absolute atomic E-state index is 13.2. The quantitative estimate of drug-likeness (QED) is 0.850. The standard InChI is InChI=1S/C18H23N5O2/c1-12-20-17(25-21-12)18-7-4-5-13(18)10-23(11-18)16(24)14-9-19-8-6-15(14)22(2)3/h6,8-9,13H,4-5,7,10-11H2,1-3H3/t13-,18-/m0/s1. The van der Waals surface area contributed by atoms with Crippen molar-refractivity contribution in [1.29, 1.82) is 0 Å². The summed E-state index contributed by atoms with van der Waals surface area (Å²) in [5.74, 6) is 1.77. The van der Waals surface area contributed by atoms with Crippen molar-refractivity contribution in [1.82, 2.24) is 20.0 Å². The lowest BCUT2D eigenvalue weighted by Crippen LogP contribution is -2.35. The molecule has 1 amide bonds. The molecule has 0 N–H and O–H groups in total. The Morgan fingerprint density at radius 2 is 2.28 bits per heavy atom. The van der Waals surface area contributed by atoms with Gasteiger partial charge in [0.1, 0.15) is 0 Å². The smallest absolute Gasteiger partial charge is 0.257 e. The number of carbonyl (C=O) groups excluding carboxylic acids is 1. The van der Waals surface area contributed by atoms with Crippen LogP contribution in [0, 0.1) is 12.8 Å². The number of hydrogen-bond acceptors (Lipinski definition) is 6. The molecule has 2 aromatic rings. The Kier molecular flexibility index (Phi) is 3.74. The second-order valence-corrected chi connectivity index (χ2v) is 7.36. The zero-order chi connectivity index (χ0) is 17.6. The number of carbonyl (C=O) groups is 1. The van der Waals surface area contributed by atoms with Gasteiger partial charge in [0.25, 0.3) is 5.91 Å². The highest BCUT2D eigenvalue weighted by atomic mass is 16.5. The average Bonchev–Trinajstić information content (AvgIpc) is 3.27. The van der Waals surface area contributed by atoms with E-state index in [0.29, 0.717) is 29.7 Å². The number of amides is 1. The summed E-state index contributed by atoms with van der Waals surface area (Å²) in [4.78, 5) is 25.7. The monoisotopic (exact) mass is 341 g/mol. The molecule has 7 nitrogen and oxygen atoms in total. The number of nitrogens with zero attached hydrogens (tertiary/aromatic N) is 5. The van der Waals surface area contributed by atoms with E-state index >= 15 is 0 Å². The van der Waals surface area contributed by atoms with Crippen molar-refractivity contribution in [3.8, 4) is 0 Å². The van der Waals surface area contributed by atoms with E-state index in [1.807, 2.05) is 36.9 Å². The zero-order valence-electron chi connectivity index (χ0n) is 14.9. The number of likely N-dealkylation sites (tertiary alicyclic amines) is 1. The summed E-state index contributed by atoms with van der Waals surface area (Å²) >= 11 is 0. The molecule has 2 fully saturated rings. The summed E-state index contributed by atoms with van der Waals surface area (Å²) in [5.41, 5.74) is 1.35. The van der Waals surface area contributed by atoms with Crippen LogP contribution in [-0.2, 0) is 5.41 Å². The van der Waals surface area contributed by atoms with Gasteiger partial charge in [-0.2, -0.15) is 4.98 Å². The molecule has 0 unspecified atom stereocenters. The Bertz CT molecular complexity index is 802. The zero-order valence-corrected chi connectivity index (χ0v) is 14.9. The molecule has 0 spiro atoms. The van der Waals surface area contributed by atoms with Crippen molar-refractivity contribution in [3.05, 3.63) is 35.7 Å². The highest BCUT2D eigenvalue weighted by Crippen LogP contribution is 2.50. The molecule has 0 bridgehead atoms. The minimum atomic E-state index is -0.183. The van der Waals surface area contributed by atoms with E-state index < -0.39 is 0 Å². The number of anilines is 1. The van der Waals surface area contributed by atoms with Crippen LogP contribution in [0.25, 0.3) is 0 Å². The molecule has 0 aromatic carbocycles. The second kappa shape index (κ2) is 5.82. The van der Waals surface area contributed by atoms with Gasteiger partial charge in [-0.25, -0.2) is 0 Å². The van der Waals surface area contributed by atoms with Gasteiger partial charge in [-0.3, -0.25) is 9.78 Å². The van der Waals surface area contributed by atoms with Gasteiger partial charge in [0.05, 0.1) is 16.7 Å². The molecule has 2 atom stereocenters. The minimum Gasteiger partial charge on any atom is -0.377 e. The Hall–Kier alpha value is -2.44. The van der Waals surface area contributed by atoms with Crippen LogP contribution in [0.4, 0.5) is 5.69 Å². The molecule has 1 saturated heterocycles. The molecule has 0 radical (unpaired) electrons. The lowest BCUT2D eigenvalue weighted by Gasteiger charge is -2.25. The van der Waals surface area contributed by atoms with E-state index in [0.717, 1.165) is 31.5 Å². The molecule has 132 valence electrons. The van der Waals surface area contributed by atoms with E-state index in [2.05, 4.69) is 15.1 Å². The first-order chi connectivity index (χ1) is 12.0. The molecule has 4 rings (SSSR count). The molecule has 2 aliphatic rings. The van der Waals surface area contributed by atoms with Crippen molar-refractivity contribution >= 4 is 11.6 Å². The van der Waals surface area contributed by atoms with Crippen LogP contribution in [0.5, 0.6) is 0 Å². The van der Waals surface area contributed by atoms with Crippen molar-refractivity contribution in [2.24, 2.45) is 5.92 Å². The fourth-order valence-corrected chi connectivity index (χ4v) is 4.41. The summed E-state index contributed by atoms with van der Waals surface area (Å²) in [6, 6.07) is 1.88. The van der Waals surface area contributed by atoms with Gasteiger partial charge in [-0.15, -0.1) is 0 Å². The van der Waals surface area contributed by atoms with Crippen molar-refractivity contribution in [2.45, 2.75) is 31.6 Å². The number of fused-ring (bicyclic) bond motifs is 1. The van der Waals surface area contributed by atoms with E-state index in [9.17, 15) is 4.79 Å². The average molecular weight is 341 g/mol. The molecular weight excluding hydrogens is 318 g/mol. The molecule has 3 heterocycles. The maximum atomic E-state index is 13.2. The van der Waals surface area contributed by atoms with Crippen LogP contribution in [0.3, 0.4) is 0 Å². The number of hydrogen-bond donors (Lipinski definition) is 0. The molecule has 1 saturated carbocycles. The van der Waals surface area contributed by atoms with Gasteiger partial charge in [0.2, 0.25) is 5.89 Å². The first kappa shape index (κ1) is 16.1. The third-order valence-electron chi connectivity index (χ3n) is 5.62. The molecule has 1 aliphatic heterocycles. The SMILES string of the molecule is Cc1noc([C@]23CCC[C@H]2CN(C(=O)c2cnccc2N(C)C)C3)n1. The molecule has 2 aromatic heterocycles. The normalized spacial score (nSPS) is 25.2. The second-order valence-electron chi connectivity index (χ2n) is 7.36. The summed E-state index contributed by atoms with van der Waals surface area (Å²) in [6.45, 7) is 3.21. The highest BCUT2D eigenvalue weighted by Gasteiger charge is 2.55. The first-order valence-electron chi connectivity index (χ1n) is 8.73. The highest BCUT2D eigenvalue weighted by molar-refractivity contribution is 5.99. The lowest BCUT2D eigenvalue weighted by atomic mass is 9.80. The summed E-state index contributed by atoms with van der Waals surface area (Å²) in [6.07, 6.45) is 6.61. The number of aryl methyl sites for hydroxylation is 1. The Labute approximate surface area is 147 Å². The topological polar surface area (TPSA) is 75.4 Å². The minimum absolute atomic E-state index is 0.0295. The van der Waals surface area contributed by atoms with Crippen LogP contribution in [-0.4, -0.2) is 53.1 Å². The van der Waals surface area contributed by atoms with E-state index in [1.165, 1.54) is 0 Å². The maximum Gasteiger partial charge on any atom is 0.257 e. The summed E-state index contributed by atoms with van der Waals surface area (Å²) < 4.78 is 5.53. The molecule has 25 heavy (non-hydrogen) atoms. The van der Waals surface area contributed by atoms with Gasteiger partial charge in [-0.1, -0.05) is 11.6 Å². The molecule has 7 heteroatoms. The van der Waals surface area contributed by atoms with Gasteiger partial charge in [0, 0.05) is 39.6 Å². The van der Waals surface area contributed by atoms with Crippen LogP contribution in [0.2, 0.25) is 0 Å². The third kappa shape index (κ3) is 2.49. The van der Waals surface area contributed by atoms with Crippen LogP contribution in [0.1, 0.15) is 41.3 Å². The number of pyridine rings is 1. The van der Waals surface area contributed by atoms with Gasteiger partial charge in [-0.05, 0) is 31.7 Å². The van der Waals surface area contributed by atoms with Gasteiger partial charge < -0.3 is 14.3 Å². The largest absolute Gasteiger partial charge is 0.377 e. The Morgan fingerprint density at radius 3 is 3.00 bits per heavy atom. The van der Waals surface area contributed by atoms with Crippen molar-refractivity contribution in [2.75, 3.05) is 32.1 Å². The Morgan fingerprint density at radius 1 is 1.44 bits per heavy atom. The van der Waals surface area contributed by atoms with Crippen LogP contribution < -0.4 is 4.90 Å². The van der Waals surface area contributed by atoms with E-state index in [4.69, 9.17) is 4.52 Å². The predicted octanol–water partition coefficient (Wildman–Crippen LogP) is 2.03. The first-order valence-corrected chi connectivity index (χ1v) is 8.73. The predicted molar refractivity (Wildman–Crippen MR) is 92.5 cm³/mol. The third-order valence-corrected chi connectivity index (χ3v) is 5.62. The van der Waals surface area contributed by atoms with E-state index in [1.54, 1.807) is 12.4 Å². The summed E-state index contributed by atoms with van der Waals surface area (Å²) in [5, 5.41) is 3.98. The fourth-order valence-electron chi connectivity index (χ4n) is 4.41. The van der Waals surface area contributed by atoms with Gasteiger partial charge in [0.15, 0.2) is 5.82 Å². The van der Waals surface area contributed by atoms with Crippen LogP contribution in [0.15, 0.2) is 23.0 Å². The number of aromatic nitrogens is 3. The van der Waals surface area contributed by atoms with Crippen molar-refractivity contribution in [3.63, 3.8) is 0 Å². The molecule has 1 aliphatic carbocycles. The molecular formula is C18H23N5O2. The van der Waals surface area contributed by atoms with E-state index in [-0.39, 0.29) is 11.3 Å². The Balaban J connectivity index is 1.65. The summed E-state index contributed by atoms with van der Waals surface area (Å²) in [7, 11) is 3.88. The van der Waals surface area contributed by atoms with Crippen LogP contribution >= 0.6 is 0 Å². The number of rotatable bonds is 3. The van der Waals surface area contributed by atoms with Gasteiger partial charge >= 0.3 is 0 Å². The van der Waals surface area contributed by atoms with Crippen molar-refractivity contribution < 1.29 is 9.32 Å².